The summed E-state index contributed by atoms with van der Waals surface area (Å²) in [5, 5.41) is 6.31. The molecule has 0 spiro atoms. The molecule has 0 unspecified atom stereocenters. The average molecular weight is 340 g/mol. The lowest BCUT2D eigenvalue weighted by Crippen LogP contribution is -2.19. The van der Waals surface area contributed by atoms with E-state index in [1.54, 1.807) is 0 Å². The van der Waals surface area contributed by atoms with Crippen LogP contribution in [0.4, 0.5) is 18.3 Å². The third-order valence-electron chi connectivity index (χ3n) is 3.03. The summed E-state index contributed by atoms with van der Waals surface area (Å²) in [6.45, 7) is 1.64. The molecule has 0 radical (unpaired) electrons. The van der Waals surface area contributed by atoms with Gasteiger partial charge in [-0.1, -0.05) is 17.4 Å². The molecule has 2 heterocycles. The Morgan fingerprint density at radius 3 is 2.83 bits per heavy atom. The van der Waals surface area contributed by atoms with Crippen LogP contribution in [0.5, 0.6) is 0 Å². The fourth-order valence-corrected chi connectivity index (χ4v) is 2.97. The van der Waals surface area contributed by atoms with Crippen LogP contribution in [-0.4, -0.2) is 20.7 Å². The summed E-state index contributed by atoms with van der Waals surface area (Å²) in [5.74, 6) is -0.488. The van der Waals surface area contributed by atoms with Gasteiger partial charge in [-0.25, -0.2) is 4.98 Å². The van der Waals surface area contributed by atoms with Crippen LogP contribution in [0.25, 0.3) is 10.2 Å². The summed E-state index contributed by atoms with van der Waals surface area (Å²) in [6.07, 6.45) is -3.41. The van der Waals surface area contributed by atoms with Crippen LogP contribution in [0.15, 0.2) is 30.5 Å². The predicted molar refractivity (Wildman–Crippen MR) is 80.2 cm³/mol. The Bertz CT molecular complexity index is 868. The van der Waals surface area contributed by atoms with Gasteiger partial charge in [-0.05, 0) is 30.7 Å². The quantitative estimate of drug-likeness (QED) is 0.794. The van der Waals surface area contributed by atoms with Gasteiger partial charge in [0.2, 0.25) is 5.91 Å². The molecule has 120 valence electrons. The first kappa shape index (κ1) is 15.5. The highest BCUT2D eigenvalue weighted by Crippen LogP contribution is 2.28. The highest BCUT2D eigenvalue weighted by atomic mass is 32.1. The standard InChI is InChI=1S/C14H11F3N4OS/c1-8-2-3-9-10(6-8)23-13(18-9)19-12(22)7-21-5-4-11(20-21)14(15,16)17/h2-6H,7H2,1H3,(H,18,19,22). The first-order chi connectivity index (χ1) is 10.8. The smallest absolute Gasteiger partial charge is 0.300 e. The summed E-state index contributed by atoms with van der Waals surface area (Å²) < 4.78 is 39.2. The number of alkyl halides is 3. The highest BCUT2D eigenvalue weighted by molar-refractivity contribution is 7.22. The van der Waals surface area contributed by atoms with E-state index in [-0.39, 0.29) is 6.54 Å². The SMILES string of the molecule is Cc1ccc2nc(NC(=O)Cn3ccc(C(F)(F)F)n3)sc2c1. The van der Waals surface area contributed by atoms with Crippen LogP contribution in [-0.2, 0) is 17.5 Å². The first-order valence-electron chi connectivity index (χ1n) is 6.59. The first-order valence-corrected chi connectivity index (χ1v) is 7.40. The van der Waals surface area contributed by atoms with E-state index in [0.717, 1.165) is 32.7 Å². The van der Waals surface area contributed by atoms with E-state index in [1.165, 1.54) is 11.3 Å². The maximum absolute atomic E-state index is 12.5. The van der Waals surface area contributed by atoms with Crippen molar-refractivity contribution in [3.8, 4) is 0 Å². The molecule has 0 bridgehead atoms. The summed E-state index contributed by atoms with van der Waals surface area (Å²) in [4.78, 5) is 16.2. The minimum atomic E-state index is -4.52. The molecule has 2 aromatic heterocycles. The number of carbonyl (C=O) groups is 1. The van der Waals surface area contributed by atoms with E-state index in [9.17, 15) is 18.0 Å². The van der Waals surface area contributed by atoms with Gasteiger partial charge in [-0.2, -0.15) is 18.3 Å². The van der Waals surface area contributed by atoms with Crippen molar-refractivity contribution >= 4 is 32.6 Å². The van der Waals surface area contributed by atoms with Gasteiger partial charge >= 0.3 is 6.18 Å². The molecule has 0 fully saturated rings. The van der Waals surface area contributed by atoms with Gasteiger partial charge in [-0.3, -0.25) is 9.48 Å². The van der Waals surface area contributed by atoms with Crippen molar-refractivity contribution in [1.82, 2.24) is 14.8 Å². The largest absolute Gasteiger partial charge is 0.435 e. The molecule has 0 aliphatic heterocycles. The molecule has 1 amide bonds. The summed E-state index contributed by atoms with van der Waals surface area (Å²) in [5.41, 5.74) is 0.811. The Balaban J connectivity index is 1.69. The number of halogens is 3. The molecular formula is C14H11F3N4OS. The number of anilines is 1. The lowest BCUT2D eigenvalue weighted by atomic mass is 10.2. The van der Waals surface area contributed by atoms with Crippen molar-refractivity contribution in [2.75, 3.05) is 5.32 Å². The number of aromatic nitrogens is 3. The number of thiazole rings is 1. The molecule has 1 N–H and O–H groups in total. The molecule has 0 aliphatic carbocycles. The zero-order valence-electron chi connectivity index (χ0n) is 11.9. The lowest BCUT2D eigenvalue weighted by Gasteiger charge is -2.03. The van der Waals surface area contributed by atoms with Crippen molar-refractivity contribution in [3.05, 3.63) is 41.7 Å². The topological polar surface area (TPSA) is 59.8 Å². The Morgan fingerprint density at radius 1 is 1.35 bits per heavy atom. The molecule has 1 aromatic carbocycles. The molecular weight excluding hydrogens is 329 g/mol. The number of fused-ring (bicyclic) bond motifs is 1. The van der Waals surface area contributed by atoms with Gasteiger partial charge in [0.25, 0.3) is 0 Å². The van der Waals surface area contributed by atoms with E-state index in [0.29, 0.717) is 5.13 Å². The van der Waals surface area contributed by atoms with E-state index in [1.807, 2.05) is 25.1 Å². The number of rotatable bonds is 3. The van der Waals surface area contributed by atoms with Crippen molar-refractivity contribution < 1.29 is 18.0 Å². The number of hydrogen-bond donors (Lipinski definition) is 1. The van der Waals surface area contributed by atoms with Crippen molar-refractivity contribution in [2.45, 2.75) is 19.6 Å². The summed E-state index contributed by atoms with van der Waals surface area (Å²) in [6, 6.07) is 6.54. The Hall–Kier alpha value is -2.42. The number of benzene rings is 1. The van der Waals surface area contributed by atoms with Crippen molar-refractivity contribution in [1.29, 1.82) is 0 Å². The van der Waals surface area contributed by atoms with Crippen LogP contribution in [0.1, 0.15) is 11.3 Å². The molecule has 5 nitrogen and oxygen atoms in total. The molecule has 0 saturated carbocycles. The van der Waals surface area contributed by atoms with Crippen LogP contribution in [0.3, 0.4) is 0 Å². The number of hydrogen-bond acceptors (Lipinski definition) is 4. The fourth-order valence-electron chi connectivity index (χ4n) is 1.99. The normalized spacial score (nSPS) is 11.8. The van der Waals surface area contributed by atoms with Gasteiger partial charge in [0.1, 0.15) is 6.54 Å². The second kappa shape index (κ2) is 5.65. The summed E-state index contributed by atoms with van der Waals surface area (Å²) in [7, 11) is 0. The van der Waals surface area contributed by atoms with Crippen LogP contribution in [0.2, 0.25) is 0 Å². The van der Waals surface area contributed by atoms with E-state index >= 15 is 0 Å². The molecule has 3 aromatic rings. The van der Waals surface area contributed by atoms with Gasteiger partial charge in [0.05, 0.1) is 10.2 Å². The summed E-state index contributed by atoms with van der Waals surface area (Å²) >= 11 is 1.31. The molecule has 3 rings (SSSR count). The molecule has 9 heteroatoms. The highest BCUT2D eigenvalue weighted by Gasteiger charge is 2.33. The van der Waals surface area contributed by atoms with Crippen LogP contribution < -0.4 is 5.32 Å². The average Bonchev–Trinajstić information content (AvgIpc) is 3.03. The van der Waals surface area contributed by atoms with Crippen molar-refractivity contribution in [3.63, 3.8) is 0 Å². The van der Waals surface area contributed by atoms with E-state index in [2.05, 4.69) is 15.4 Å². The molecule has 23 heavy (non-hydrogen) atoms. The number of nitrogens with zero attached hydrogens (tertiary/aromatic N) is 3. The van der Waals surface area contributed by atoms with Gasteiger partial charge < -0.3 is 5.32 Å². The minimum Gasteiger partial charge on any atom is -0.300 e. The number of aryl methyl sites for hydroxylation is 1. The van der Waals surface area contributed by atoms with Gasteiger partial charge in [0, 0.05) is 6.20 Å². The monoisotopic (exact) mass is 340 g/mol. The maximum Gasteiger partial charge on any atom is 0.435 e. The zero-order chi connectivity index (χ0) is 16.6. The molecule has 0 saturated heterocycles. The lowest BCUT2D eigenvalue weighted by molar-refractivity contribution is -0.141. The van der Waals surface area contributed by atoms with E-state index < -0.39 is 17.8 Å². The van der Waals surface area contributed by atoms with Crippen LogP contribution >= 0.6 is 11.3 Å². The third kappa shape index (κ3) is 3.50. The molecule has 0 aliphatic rings. The maximum atomic E-state index is 12.5. The number of nitrogens with one attached hydrogen (secondary N) is 1. The zero-order valence-corrected chi connectivity index (χ0v) is 12.7. The predicted octanol–water partition coefficient (Wildman–Crippen LogP) is 3.46. The van der Waals surface area contributed by atoms with E-state index in [4.69, 9.17) is 0 Å². The third-order valence-corrected chi connectivity index (χ3v) is 3.96. The Kier molecular flexibility index (Phi) is 3.80. The fraction of sp³-hybridized carbons (Fsp3) is 0.214. The van der Waals surface area contributed by atoms with Crippen LogP contribution in [0, 0.1) is 6.92 Å². The second-order valence-electron chi connectivity index (χ2n) is 4.93. The Morgan fingerprint density at radius 2 is 2.13 bits per heavy atom. The number of amides is 1. The minimum absolute atomic E-state index is 0.314. The number of carbonyl (C=O) groups excluding carboxylic acids is 1. The van der Waals surface area contributed by atoms with Gasteiger partial charge in [-0.15, -0.1) is 0 Å². The second-order valence-corrected chi connectivity index (χ2v) is 5.97. The molecule has 0 atom stereocenters. The van der Waals surface area contributed by atoms with Gasteiger partial charge in [0.15, 0.2) is 10.8 Å². The Labute approximate surface area is 132 Å². The van der Waals surface area contributed by atoms with Crippen molar-refractivity contribution in [2.24, 2.45) is 0 Å².